The first-order valence-corrected chi connectivity index (χ1v) is 10.9. The van der Waals surface area contributed by atoms with Crippen LogP contribution in [-0.2, 0) is 22.7 Å². The monoisotopic (exact) mass is 434 g/mol. The number of rotatable bonds is 10. The van der Waals surface area contributed by atoms with E-state index in [1.165, 1.54) is 4.90 Å². The number of carbonyl (C=O) groups is 1. The smallest absolute Gasteiger partial charge is 0.338 e. The van der Waals surface area contributed by atoms with Crippen molar-refractivity contribution in [2.75, 3.05) is 32.6 Å². The van der Waals surface area contributed by atoms with Gasteiger partial charge >= 0.3 is 5.97 Å². The van der Waals surface area contributed by atoms with Gasteiger partial charge in [-0.25, -0.2) is 9.78 Å². The zero-order valence-corrected chi connectivity index (χ0v) is 17.9. The van der Waals surface area contributed by atoms with Crippen LogP contribution in [0.5, 0.6) is 5.88 Å². The maximum Gasteiger partial charge on any atom is 0.338 e. The molecule has 0 bridgehead atoms. The Morgan fingerprint density at radius 2 is 2.00 bits per heavy atom. The van der Waals surface area contributed by atoms with Crippen LogP contribution in [0.15, 0.2) is 41.3 Å². The normalized spacial score (nSPS) is 14.1. The average molecular weight is 435 g/mol. The van der Waals surface area contributed by atoms with Gasteiger partial charge in [-0.2, -0.15) is 10.0 Å². The number of nitrogens with zero attached hydrogens (tertiary/aromatic N) is 2. The molecule has 0 amide bonds. The van der Waals surface area contributed by atoms with Crippen molar-refractivity contribution in [1.82, 2.24) is 9.88 Å². The Kier molecular flexibility index (Phi) is 8.91. The van der Waals surface area contributed by atoms with Crippen molar-refractivity contribution in [3.05, 3.63) is 53.2 Å². The number of hydrogen-bond donors (Lipinski definition) is 2. The van der Waals surface area contributed by atoms with Crippen LogP contribution in [0.3, 0.4) is 0 Å². The summed E-state index contributed by atoms with van der Waals surface area (Å²) in [7, 11) is 1.63. The van der Waals surface area contributed by atoms with Gasteiger partial charge in [-0.15, -0.1) is 11.8 Å². The van der Waals surface area contributed by atoms with E-state index in [-0.39, 0.29) is 5.97 Å². The van der Waals surface area contributed by atoms with Crippen molar-refractivity contribution in [1.29, 1.82) is 0 Å². The second-order valence-corrected chi connectivity index (χ2v) is 8.01. The molecule has 3 rings (SSSR count). The average Bonchev–Trinajstić information content (AvgIpc) is 2.97. The lowest BCUT2D eigenvalue weighted by atomic mass is 10.1. The molecule has 1 aliphatic heterocycles. The molecule has 0 saturated heterocycles. The molecule has 1 aliphatic rings. The highest BCUT2D eigenvalue weighted by molar-refractivity contribution is 7.99. The second-order valence-electron chi connectivity index (χ2n) is 6.87. The highest BCUT2D eigenvalue weighted by Crippen LogP contribution is 2.28. The van der Waals surface area contributed by atoms with Gasteiger partial charge in [0.15, 0.2) is 0 Å². The van der Waals surface area contributed by atoms with Crippen molar-refractivity contribution < 1.29 is 30.0 Å². The summed E-state index contributed by atoms with van der Waals surface area (Å²) >= 11 is 1.82. The number of ether oxygens (including phenoxy) is 2. The van der Waals surface area contributed by atoms with Crippen LogP contribution in [0.1, 0.15) is 34.5 Å². The molecule has 30 heavy (non-hydrogen) atoms. The Morgan fingerprint density at radius 3 is 2.77 bits per heavy atom. The van der Waals surface area contributed by atoms with Crippen molar-refractivity contribution in [2.24, 2.45) is 0 Å². The fraction of sp³-hybridized carbons (Fsp3) is 0.429. The van der Waals surface area contributed by atoms with Gasteiger partial charge in [0.05, 0.1) is 25.0 Å². The summed E-state index contributed by atoms with van der Waals surface area (Å²) in [6.07, 6.45) is 1.40. The number of fused-ring (bicyclic) bond motifs is 1. The summed E-state index contributed by atoms with van der Waals surface area (Å²) in [6, 6.07) is 11.5. The Hall–Kier alpha value is -2.17. The quantitative estimate of drug-likeness (QED) is 0.333. The van der Waals surface area contributed by atoms with E-state index in [0.717, 1.165) is 36.6 Å². The summed E-state index contributed by atoms with van der Waals surface area (Å²) in [5, 5.41) is 8.42. The molecule has 8 nitrogen and oxygen atoms in total. The van der Waals surface area contributed by atoms with E-state index < -0.39 is 0 Å². The molecule has 0 spiro atoms. The van der Waals surface area contributed by atoms with Crippen molar-refractivity contribution in [2.45, 2.75) is 30.8 Å². The van der Waals surface area contributed by atoms with Gasteiger partial charge in [0.2, 0.25) is 5.88 Å². The summed E-state index contributed by atoms with van der Waals surface area (Å²) in [4.78, 5) is 25.0. The summed E-state index contributed by atoms with van der Waals surface area (Å²) in [6.45, 7) is 3.25. The molecule has 0 unspecified atom stereocenters. The van der Waals surface area contributed by atoms with Crippen molar-refractivity contribution in [3.63, 3.8) is 0 Å². The lowest BCUT2D eigenvalue weighted by Crippen LogP contribution is -2.79. The molecule has 1 aromatic carbocycles. The molecule has 0 saturated carbocycles. The van der Waals surface area contributed by atoms with E-state index in [9.17, 15) is 4.79 Å². The Labute approximate surface area is 180 Å². The number of unbranched alkanes of at least 4 members (excludes halogenated alkanes) is 1. The van der Waals surface area contributed by atoms with Crippen LogP contribution in [-0.4, -0.2) is 53.7 Å². The first-order valence-electron chi connectivity index (χ1n) is 9.92. The molecule has 2 aromatic rings. The molecule has 3 N–H and O–H groups in total. The lowest BCUT2D eigenvalue weighted by Gasteiger charge is -2.20. The Balaban J connectivity index is 1.50. The lowest BCUT2D eigenvalue weighted by molar-refractivity contribution is -1.06. The van der Waals surface area contributed by atoms with Crippen molar-refractivity contribution in [3.8, 4) is 5.88 Å². The van der Waals surface area contributed by atoms with E-state index >= 15 is 0 Å². The number of quaternary nitrogens is 1. The largest absolute Gasteiger partial charge is 0.481 e. The summed E-state index contributed by atoms with van der Waals surface area (Å²) < 4.78 is 10.5. The zero-order chi connectivity index (χ0) is 21.2. The van der Waals surface area contributed by atoms with Gasteiger partial charge in [-0.05, 0) is 36.6 Å². The highest BCUT2D eigenvalue weighted by Gasteiger charge is 2.17. The maximum absolute atomic E-state index is 12.1. The highest BCUT2D eigenvalue weighted by atomic mass is 32.2. The first kappa shape index (κ1) is 22.5. The molecular weight excluding hydrogens is 406 g/mol. The minimum atomic E-state index is -0.326. The van der Waals surface area contributed by atoms with E-state index in [1.807, 2.05) is 42.1 Å². The molecule has 0 fully saturated rings. The second kappa shape index (κ2) is 11.9. The summed E-state index contributed by atoms with van der Waals surface area (Å²) in [5.41, 5.74) is 3.39. The standard InChI is InChI=1S/C21H28N3O5S/c1-27-20-9-8-19-18(22-20)15-24(10-13-30-19)14-16-4-6-17(7-5-16)21(25)28-11-2-3-12-29-23-26/h4-9,26H,2-3,10-15,23H2,1H3/q+1. The predicted octanol–water partition coefficient (Wildman–Crippen LogP) is 2.02. The van der Waals surface area contributed by atoms with Gasteiger partial charge in [0.25, 0.3) is 0 Å². The van der Waals surface area contributed by atoms with Crippen LogP contribution in [0.4, 0.5) is 0 Å². The number of thioether (sulfide) groups is 1. The number of aromatic nitrogens is 1. The van der Waals surface area contributed by atoms with E-state index in [2.05, 4.69) is 16.0 Å². The SMILES string of the molecule is COc1ccc2c(n1)CN(Cc1ccc(C(=O)OCCCCO[NH2+]O)cc1)CCS2. The van der Waals surface area contributed by atoms with Gasteiger partial charge < -0.3 is 9.47 Å². The van der Waals surface area contributed by atoms with Crippen LogP contribution in [0.2, 0.25) is 0 Å². The van der Waals surface area contributed by atoms with Gasteiger partial charge in [-0.3, -0.25) is 4.90 Å². The molecule has 2 heterocycles. The fourth-order valence-corrected chi connectivity index (χ4v) is 4.14. The third kappa shape index (κ3) is 6.68. The number of carbonyl (C=O) groups excluding carboxylic acids is 1. The maximum atomic E-state index is 12.1. The molecule has 1 aromatic heterocycles. The molecule has 0 radical (unpaired) electrons. The number of pyridine rings is 1. The molecule has 162 valence electrons. The number of nitrogens with two attached hydrogens (primary N) is 1. The van der Waals surface area contributed by atoms with E-state index in [4.69, 9.17) is 19.5 Å². The van der Waals surface area contributed by atoms with Crippen LogP contribution in [0, 0.1) is 0 Å². The van der Waals surface area contributed by atoms with Crippen molar-refractivity contribution >= 4 is 17.7 Å². The number of esters is 1. The summed E-state index contributed by atoms with van der Waals surface area (Å²) in [5.74, 6) is 1.32. The third-order valence-corrected chi connectivity index (χ3v) is 5.78. The number of methoxy groups -OCH3 is 1. The Bertz CT molecular complexity index is 819. The zero-order valence-electron chi connectivity index (χ0n) is 17.1. The van der Waals surface area contributed by atoms with Gasteiger partial charge in [-0.1, -0.05) is 17.8 Å². The predicted molar refractivity (Wildman–Crippen MR) is 111 cm³/mol. The minimum Gasteiger partial charge on any atom is -0.481 e. The van der Waals surface area contributed by atoms with E-state index in [0.29, 0.717) is 43.1 Å². The van der Waals surface area contributed by atoms with Gasteiger partial charge in [0, 0.05) is 36.3 Å². The minimum absolute atomic E-state index is 0.326. The van der Waals surface area contributed by atoms with Gasteiger partial charge in [0.1, 0.15) is 6.61 Å². The van der Waals surface area contributed by atoms with Crippen LogP contribution >= 0.6 is 11.8 Å². The molecular formula is C21H28N3O5S+. The molecule has 0 aliphatic carbocycles. The van der Waals surface area contributed by atoms with Crippen LogP contribution < -0.4 is 10.4 Å². The Morgan fingerprint density at radius 1 is 1.20 bits per heavy atom. The van der Waals surface area contributed by atoms with E-state index in [1.54, 1.807) is 7.11 Å². The third-order valence-electron chi connectivity index (χ3n) is 4.71. The van der Waals surface area contributed by atoms with Crippen LogP contribution in [0.25, 0.3) is 0 Å². The number of hydrogen-bond acceptors (Lipinski definition) is 8. The molecule has 0 atom stereocenters. The topological polar surface area (TPSA) is 97.7 Å². The fourth-order valence-electron chi connectivity index (χ4n) is 3.13. The number of benzene rings is 1. The first-order chi connectivity index (χ1) is 14.7. The molecule has 9 heteroatoms.